The minimum Gasteiger partial charge on any atom is -0.435 e. The minimum atomic E-state index is -3.54. The van der Waals surface area contributed by atoms with Crippen LogP contribution in [0.3, 0.4) is 0 Å². The molecule has 0 spiro atoms. The van der Waals surface area contributed by atoms with Crippen molar-refractivity contribution < 1.29 is 26.7 Å². The number of H-pyrrole nitrogens is 1. The van der Waals surface area contributed by atoms with Crippen molar-refractivity contribution in [3.63, 3.8) is 0 Å². The Hall–Kier alpha value is -2.83. The van der Waals surface area contributed by atoms with Gasteiger partial charge in [0.2, 0.25) is 0 Å². The normalized spacial score (nSPS) is 15.4. The first kappa shape index (κ1) is 21.4. The van der Waals surface area contributed by atoms with Gasteiger partial charge in [0.1, 0.15) is 15.7 Å². The Morgan fingerprint density at radius 1 is 1.13 bits per heavy atom. The largest absolute Gasteiger partial charge is 0.435 e. The lowest BCUT2D eigenvalue weighted by molar-refractivity contribution is -0.0498. The highest BCUT2D eigenvalue weighted by atomic mass is 32.2. The van der Waals surface area contributed by atoms with Gasteiger partial charge in [-0.15, -0.1) is 11.3 Å². The molecule has 2 aromatic heterocycles. The van der Waals surface area contributed by atoms with Crippen LogP contribution in [0.4, 0.5) is 8.78 Å². The molecule has 31 heavy (non-hydrogen) atoms. The van der Waals surface area contributed by atoms with E-state index >= 15 is 0 Å². The molecule has 0 unspecified atom stereocenters. The first-order chi connectivity index (χ1) is 14.8. The van der Waals surface area contributed by atoms with Crippen molar-refractivity contribution in [3.8, 4) is 17.0 Å². The summed E-state index contributed by atoms with van der Waals surface area (Å²) in [5, 5.41) is 8.51. The van der Waals surface area contributed by atoms with Crippen LogP contribution in [-0.4, -0.2) is 66.5 Å². The second kappa shape index (κ2) is 8.73. The van der Waals surface area contributed by atoms with Crippen molar-refractivity contribution in [1.82, 2.24) is 19.4 Å². The van der Waals surface area contributed by atoms with Gasteiger partial charge in [0.15, 0.2) is 0 Å². The van der Waals surface area contributed by atoms with Crippen molar-refractivity contribution in [2.24, 2.45) is 0 Å². The molecule has 1 N–H and O–H groups in total. The maximum absolute atomic E-state index is 12.8. The van der Waals surface area contributed by atoms with Crippen molar-refractivity contribution in [2.75, 3.05) is 26.2 Å². The van der Waals surface area contributed by atoms with E-state index in [0.29, 0.717) is 11.3 Å². The number of carbonyl (C=O) groups excluding carboxylic acids is 1. The molecule has 3 heterocycles. The molecule has 0 bridgehead atoms. The van der Waals surface area contributed by atoms with Crippen LogP contribution in [0.25, 0.3) is 11.3 Å². The number of alkyl halides is 2. The van der Waals surface area contributed by atoms with Crippen LogP contribution in [0.15, 0.2) is 52.1 Å². The van der Waals surface area contributed by atoms with Crippen molar-refractivity contribution in [1.29, 1.82) is 0 Å². The molecule has 0 radical (unpaired) electrons. The number of benzene rings is 1. The fourth-order valence-electron chi connectivity index (χ4n) is 3.23. The van der Waals surface area contributed by atoms with Crippen LogP contribution in [0, 0.1) is 0 Å². The van der Waals surface area contributed by atoms with Gasteiger partial charge in [-0.05, 0) is 41.8 Å². The molecule has 164 valence electrons. The number of rotatable bonds is 6. The highest BCUT2D eigenvalue weighted by molar-refractivity contribution is 7.91. The van der Waals surface area contributed by atoms with Crippen LogP contribution in [0.2, 0.25) is 0 Å². The molecule has 3 aromatic rings. The predicted octanol–water partition coefficient (Wildman–Crippen LogP) is 2.89. The smallest absolute Gasteiger partial charge is 0.387 e. The molecule has 1 fully saturated rings. The molecule has 1 saturated heterocycles. The number of hydrogen-bond donors (Lipinski definition) is 1. The Labute approximate surface area is 181 Å². The van der Waals surface area contributed by atoms with Crippen LogP contribution < -0.4 is 4.74 Å². The molecule has 0 aliphatic carbocycles. The number of thiophene rings is 1. The van der Waals surface area contributed by atoms with E-state index in [1.807, 2.05) is 0 Å². The van der Waals surface area contributed by atoms with Gasteiger partial charge in [-0.3, -0.25) is 9.89 Å². The lowest BCUT2D eigenvalue weighted by atomic mass is 10.1. The number of aromatic amines is 1. The molecule has 4 rings (SSSR count). The Morgan fingerprint density at radius 3 is 2.45 bits per heavy atom. The monoisotopic (exact) mass is 468 g/mol. The number of carbonyl (C=O) groups is 1. The molecule has 8 nitrogen and oxygen atoms in total. The summed E-state index contributed by atoms with van der Waals surface area (Å²) in [6.07, 6.45) is 0. The summed E-state index contributed by atoms with van der Waals surface area (Å²) in [6, 6.07) is 10.7. The average Bonchev–Trinajstić information content (AvgIpc) is 3.46. The Bertz CT molecular complexity index is 1140. The Balaban J connectivity index is 1.39. The number of sulfonamides is 1. The summed E-state index contributed by atoms with van der Waals surface area (Å²) in [5.74, 6) is -0.259. The van der Waals surface area contributed by atoms with Crippen LogP contribution in [0.5, 0.6) is 5.75 Å². The molecule has 12 heteroatoms. The zero-order valence-electron chi connectivity index (χ0n) is 16.1. The molecule has 0 saturated carbocycles. The molecular weight excluding hydrogens is 450 g/mol. The predicted molar refractivity (Wildman–Crippen MR) is 110 cm³/mol. The summed E-state index contributed by atoms with van der Waals surface area (Å²) >= 11 is 1.16. The van der Waals surface area contributed by atoms with Gasteiger partial charge in [-0.2, -0.15) is 18.2 Å². The zero-order chi connectivity index (χ0) is 22.0. The highest BCUT2D eigenvalue weighted by Crippen LogP contribution is 2.24. The molecule has 1 aliphatic rings. The summed E-state index contributed by atoms with van der Waals surface area (Å²) in [4.78, 5) is 14.4. The van der Waals surface area contributed by atoms with Crippen molar-refractivity contribution in [3.05, 3.63) is 53.5 Å². The van der Waals surface area contributed by atoms with Crippen molar-refractivity contribution >= 4 is 27.3 Å². The summed E-state index contributed by atoms with van der Waals surface area (Å²) in [5.41, 5.74) is 1.37. The average molecular weight is 469 g/mol. The van der Waals surface area contributed by atoms with Crippen LogP contribution >= 0.6 is 11.3 Å². The third-order valence-electron chi connectivity index (χ3n) is 4.80. The molecule has 1 aliphatic heterocycles. The fraction of sp³-hybridized carbons (Fsp3) is 0.263. The number of hydrogen-bond acceptors (Lipinski definition) is 6. The van der Waals surface area contributed by atoms with E-state index in [1.165, 1.54) is 16.4 Å². The minimum absolute atomic E-state index is 0.0287. The number of halogens is 2. The lowest BCUT2D eigenvalue weighted by Crippen LogP contribution is -2.50. The van der Waals surface area contributed by atoms with Gasteiger partial charge < -0.3 is 9.64 Å². The number of piperazine rings is 1. The third kappa shape index (κ3) is 4.60. The second-order valence-corrected chi connectivity index (χ2v) is 9.81. The van der Waals surface area contributed by atoms with E-state index in [0.717, 1.165) is 11.3 Å². The van der Waals surface area contributed by atoms with Gasteiger partial charge in [0.05, 0.1) is 5.69 Å². The quantitative estimate of drug-likeness (QED) is 0.600. The highest BCUT2D eigenvalue weighted by Gasteiger charge is 2.31. The van der Waals surface area contributed by atoms with Crippen LogP contribution in [-0.2, 0) is 10.0 Å². The third-order valence-corrected chi connectivity index (χ3v) is 8.07. The lowest BCUT2D eigenvalue weighted by Gasteiger charge is -2.33. The standard InChI is InChI=1S/C19H18F2N4O4S2/c20-19(21)29-14-5-3-13(4-6-14)15-12-16(23-22-15)18(26)24-7-9-25(10-8-24)31(27,28)17-2-1-11-30-17/h1-6,11-12,19H,7-10H2,(H,22,23). The van der Waals surface area contributed by atoms with E-state index in [2.05, 4.69) is 14.9 Å². The van der Waals surface area contributed by atoms with E-state index in [9.17, 15) is 22.0 Å². The number of aromatic nitrogens is 2. The van der Waals surface area contributed by atoms with E-state index < -0.39 is 16.6 Å². The maximum atomic E-state index is 12.8. The van der Waals surface area contributed by atoms with Crippen LogP contribution in [0.1, 0.15) is 10.5 Å². The Kier molecular flexibility index (Phi) is 6.03. The molecule has 1 aromatic carbocycles. The fourth-order valence-corrected chi connectivity index (χ4v) is 5.79. The van der Waals surface area contributed by atoms with Gasteiger partial charge in [-0.1, -0.05) is 6.07 Å². The first-order valence-electron chi connectivity index (χ1n) is 9.28. The summed E-state index contributed by atoms with van der Waals surface area (Å²) < 4.78 is 55.7. The van der Waals surface area contributed by atoms with Gasteiger partial charge >= 0.3 is 6.61 Å². The van der Waals surface area contributed by atoms with Crippen molar-refractivity contribution in [2.45, 2.75) is 10.8 Å². The summed E-state index contributed by atoms with van der Waals surface area (Å²) in [7, 11) is -3.54. The number of nitrogens with one attached hydrogen (secondary N) is 1. The van der Waals surface area contributed by atoms with Gasteiger partial charge in [0.25, 0.3) is 15.9 Å². The van der Waals surface area contributed by atoms with Gasteiger partial charge in [-0.25, -0.2) is 8.42 Å². The summed E-state index contributed by atoms with van der Waals surface area (Å²) in [6.45, 7) is -1.97. The number of ether oxygens (including phenoxy) is 1. The van der Waals surface area contributed by atoms with E-state index in [1.54, 1.807) is 40.6 Å². The molecule has 0 atom stereocenters. The Morgan fingerprint density at radius 2 is 1.84 bits per heavy atom. The number of amides is 1. The molecule has 1 amide bonds. The van der Waals surface area contributed by atoms with E-state index in [4.69, 9.17) is 0 Å². The SMILES string of the molecule is O=C(c1cc(-c2ccc(OC(F)F)cc2)n[nH]1)N1CCN(S(=O)(=O)c2cccs2)CC1. The zero-order valence-corrected chi connectivity index (χ0v) is 17.7. The van der Waals surface area contributed by atoms with Gasteiger partial charge in [0, 0.05) is 31.7 Å². The maximum Gasteiger partial charge on any atom is 0.387 e. The molecular formula is C19H18F2N4O4S2. The van der Waals surface area contributed by atoms with E-state index in [-0.39, 0.29) is 47.7 Å². The first-order valence-corrected chi connectivity index (χ1v) is 11.6. The topological polar surface area (TPSA) is 95.6 Å². The number of nitrogens with zero attached hydrogens (tertiary/aromatic N) is 3. The second-order valence-electron chi connectivity index (χ2n) is 6.70.